The summed E-state index contributed by atoms with van der Waals surface area (Å²) in [7, 11) is 0. The first kappa shape index (κ1) is 16.7. The lowest BCUT2D eigenvalue weighted by atomic mass is 10.1. The van der Waals surface area contributed by atoms with Crippen LogP contribution in [0.1, 0.15) is 11.3 Å². The van der Waals surface area contributed by atoms with Gasteiger partial charge in [-0.2, -0.15) is 0 Å². The molecule has 25 heavy (non-hydrogen) atoms. The Balaban J connectivity index is 1.53. The molecule has 3 aromatic rings. The molecule has 1 N–H and O–H groups in total. The number of amides is 1. The largest absolute Gasteiger partial charge is 0.484 e. The molecule has 0 saturated carbocycles. The molecule has 2 aromatic carbocycles. The zero-order chi connectivity index (χ0) is 17.6. The van der Waals surface area contributed by atoms with Gasteiger partial charge in [-0.1, -0.05) is 35.5 Å². The summed E-state index contributed by atoms with van der Waals surface area (Å²) in [6.45, 7) is 1.99. The van der Waals surface area contributed by atoms with Gasteiger partial charge in [-0.05, 0) is 30.7 Å². The number of nitrogens with one attached hydrogen (secondary N) is 1. The van der Waals surface area contributed by atoms with Crippen LogP contribution in [0.25, 0.3) is 11.3 Å². The van der Waals surface area contributed by atoms with Crippen molar-refractivity contribution in [3.63, 3.8) is 0 Å². The van der Waals surface area contributed by atoms with E-state index >= 15 is 0 Å². The van der Waals surface area contributed by atoms with E-state index in [0.717, 1.165) is 5.56 Å². The van der Waals surface area contributed by atoms with E-state index in [1.165, 1.54) is 6.07 Å². The summed E-state index contributed by atoms with van der Waals surface area (Å²) in [5.41, 5.74) is 1.79. The third kappa shape index (κ3) is 4.23. The third-order valence-electron chi connectivity index (χ3n) is 3.62. The molecule has 6 heteroatoms. The van der Waals surface area contributed by atoms with Crippen molar-refractivity contribution >= 4 is 5.91 Å². The molecule has 0 atom stereocenters. The standard InChI is InChI=1S/C19H17FN2O3/c1-13-6-2-5-9-17(13)24-12-19(23)21-11-14-10-18(25-22-14)15-7-3-4-8-16(15)20/h2-10H,11-12H2,1H3,(H,21,23). The number of ether oxygens (including phenoxy) is 1. The van der Waals surface area contributed by atoms with Crippen molar-refractivity contribution in [1.82, 2.24) is 10.5 Å². The van der Waals surface area contributed by atoms with Crippen LogP contribution in [-0.4, -0.2) is 17.7 Å². The molecule has 1 aromatic heterocycles. The van der Waals surface area contributed by atoms with Gasteiger partial charge in [0.25, 0.3) is 5.91 Å². The lowest BCUT2D eigenvalue weighted by Gasteiger charge is -2.08. The maximum atomic E-state index is 13.7. The number of aryl methyl sites for hydroxylation is 1. The molecule has 0 aliphatic heterocycles. The number of benzene rings is 2. The smallest absolute Gasteiger partial charge is 0.258 e. The molecule has 0 aliphatic rings. The Hall–Kier alpha value is -3.15. The molecule has 128 valence electrons. The number of hydrogen-bond donors (Lipinski definition) is 1. The van der Waals surface area contributed by atoms with Gasteiger partial charge in [0.15, 0.2) is 12.4 Å². The Labute approximate surface area is 144 Å². The number of rotatable bonds is 6. The van der Waals surface area contributed by atoms with Gasteiger partial charge in [0.2, 0.25) is 0 Å². The van der Waals surface area contributed by atoms with E-state index in [9.17, 15) is 9.18 Å². The van der Waals surface area contributed by atoms with E-state index in [2.05, 4.69) is 10.5 Å². The van der Waals surface area contributed by atoms with Crippen molar-refractivity contribution < 1.29 is 18.4 Å². The Morgan fingerprint density at radius 2 is 1.96 bits per heavy atom. The number of carbonyl (C=O) groups is 1. The number of aromatic nitrogens is 1. The van der Waals surface area contributed by atoms with Crippen LogP contribution in [0.4, 0.5) is 4.39 Å². The summed E-state index contributed by atoms with van der Waals surface area (Å²) in [4.78, 5) is 11.9. The third-order valence-corrected chi connectivity index (χ3v) is 3.62. The number of carbonyl (C=O) groups excluding carboxylic acids is 1. The zero-order valence-corrected chi connectivity index (χ0v) is 13.7. The zero-order valence-electron chi connectivity index (χ0n) is 13.7. The van der Waals surface area contributed by atoms with Gasteiger partial charge in [0, 0.05) is 6.07 Å². The van der Waals surface area contributed by atoms with Crippen molar-refractivity contribution in [1.29, 1.82) is 0 Å². The van der Waals surface area contributed by atoms with Crippen LogP contribution in [0.2, 0.25) is 0 Å². The number of para-hydroxylation sites is 1. The average molecular weight is 340 g/mol. The Morgan fingerprint density at radius 1 is 1.20 bits per heavy atom. The van der Waals surface area contributed by atoms with Crippen molar-refractivity contribution in [2.75, 3.05) is 6.61 Å². The number of halogens is 1. The predicted octanol–water partition coefficient (Wildman–Crippen LogP) is 3.48. The van der Waals surface area contributed by atoms with E-state index in [0.29, 0.717) is 22.8 Å². The second kappa shape index (κ2) is 7.61. The Kier molecular flexibility index (Phi) is 5.09. The van der Waals surface area contributed by atoms with Crippen LogP contribution in [0.5, 0.6) is 5.75 Å². The van der Waals surface area contributed by atoms with Crippen molar-refractivity contribution in [2.45, 2.75) is 13.5 Å². The van der Waals surface area contributed by atoms with Crippen LogP contribution in [0.15, 0.2) is 59.1 Å². The quantitative estimate of drug-likeness (QED) is 0.746. The molecule has 5 nitrogen and oxygen atoms in total. The molecular weight excluding hydrogens is 323 g/mol. The number of hydrogen-bond acceptors (Lipinski definition) is 4. The van der Waals surface area contributed by atoms with Crippen LogP contribution in [-0.2, 0) is 11.3 Å². The molecular formula is C19H17FN2O3. The molecule has 0 bridgehead atoms. The summed E-state index contributed by atoms with van der Waals surface area (Å²) in [5.74, 6) is 0.319. The topological polar surface area (TPSA) is 64.4 Å². The summed E-state index contributed by atoms with van der Waals surface area (Å²) in [6, 6.07) is 15.3. The summed E-state index contributed by atoms with van der Waals surface area (Å²) in [6.07, 6.45) is 0. The number of nitrogens with zero attached hydrogens (tertiary/aromatic N) is 1. The Bertz CT molecular complexity index is 876. The fourth-order valence-corrected chi connectivity index (χ4v) is 2.28. The van der Waals surface area contributed by atoms with E-state index in [-0.39, 0.29) is 24.9 Å². The first-order valence-electron chi connectivity index (χ1n) is 7.79. The highest BCUT2D eigenvalue weighted by Crippen LogP contribution is 2.23. The minimum Gasteiger partial charge on any atom is -0.484 e. The van der Waals surface area contributed by atoms with E-state index < -0.39 is 0 Å². The molecule has 1 heterocycles. The van der Waals surface area contributed by atoms with Gasteiger partial charge in [0.1, 0.15) is 17.3 Å². The highest BCUT2D eigenvalue weighted by atomic mass is 19.1. The van der Waals surface area contributed by atoms with Crippen LogP contribution in [0, 0.1) is 12.7 Å². The van der Waals surface area contributed by atoms with Gasteiger partial charge >= 0.3 is 0 Å². The molecule has 0 aliphatic carbocycles. The van der Waals surface area contributed by atoms with Gasteiger partial charge in [-0.3, -0.25) is 4.79 Å². The normalized spacial score (nSPS) is 10.5. The molecule has 1 amide bonds. The van der Waals surface area contributed by atoms with Gasteiger partial charge < -0.3 is 14.6 Å². The first-order chi connectivity index (χ1) is 12.1. The van der Waals surface area contributed by atoms with Gasteiger partial charge in [-0.25, -0.2) is 4.39 Å². The van der Waals surface area contributed by atoms with Crippen molar-refractivity contribution in [2.24, 2.45) is 0 Å². The lowest BCUT2D eigenvalue weighted by molar-refractivity contribution is -0.123. The minimum atomic E-state index is -0.388. The molecule has 0 fully saturated rings. The maximum absolute atomic E-state index is 13.7. The molecule has 0 radical (unpaired) electrons. The SMILES string of the molecule is Cc1ccccc1OCC(=O)NCc1cc(-c2ccccc2F)on1. The monoisotopic (exact) mass is 340 g/mol. The summed E-state index contributed by atoms with van der Waals surface area (Å²) < 4.78 is 24.3. The molecule has 0 unspecified atom stereocenters. The van der Waals surface area contributed by atoms with E-state index in [1.807, 2.05) is 25.1 Å². The fourth-order valence-electron chi connectivity index (χ4n) is 2.28. The lowest BCUT2D eigenvalue weighted by Crippen LogP contribution is -2.28. The second-order valence-electron chi connectivity index (χ2n) is 5.49. The van der Waals surface area contributed by atoms with Crippen molar-refractivity contribution in [3.05, 3.63) is 71.7 Å². The molecule has 0 spiro atoms. The van der Waals surface area contributed by atoms with Crippen LogP contribution in [0.3, 0.4) is 0 Å². The average Bonchev–Trinajstić information content (AvgIpc) is 3.08. The molecule has 3 rings (SSSR count). The Morgan fingerprint density at radius 3 is 2.76 bits per heavy atom. The van der Waals surface area contributed by atoms with Gasteiger partial charge in [0.05, 0.1) is 12.1 Å². The highest BCUT2D eigenvalue weighted by molar-refractivity contribution is 5.77. The highest BCUT2D eigenvalue weighted by Gasteiger charge is 2.12. The predicted molar refractivity (Wildman–Crippen MR) is 90.4 cm³/mol. The van der Waals surface area contributed by atoms with Gasteiger partial charge in [-0.15, -0.1) is 0 Å². The summed E-state index contributed by atoms with van der Waals surface area (Å²) >= 11 is 0. The minimum absolute atomic E-state index is 0.0944. The summed E-state index contributed by atoms with van der Waals surface area (Å²) in [5, 5.41) is 6.53. The van der Waals surface area contributed by atoms with E-state index in [4.69, 9.17) is 9.26 Å². The van der Waals surface area contributed by atoms with Crippen LogP contribution >= 0.6 is 0 Å². The maximum Gasteiger partial charge on any atom is 0.258 e. The second-order valence-corrected chi connectivity index (χ2v) is 5.49. The molecule has 0 saturated heterocycles. The first-order valence-corrected chi connectivity index (χ1v) is 7.79. The van der Waals surface area contributed by atoms with E-state index in [1.54, 1.807) is 30.3 Å². The fraction of sp³-hybridized carbons (Fsp3) is 0.158. The van der Waals surface area contributed by atoms with Crippen LogP contribution < -0.4 is 10.1 Å². The van der Waals surface area contributed by atoms with Crippen molar-refractivity contribution in [3.8, 4) is 17.1 Å².